The van der Waals surface area contributed by atoms with Crippen molar-refractivity contribution >= 4 is 47.8 Å². The number of aliphatic carboxylic acids is 8. The third kappa shape index (κ3) is 52.1. The zero-order valence-electron chi connectivity index (χ0n) is 20.3. The van der Waals surface area contributed by atoms with Gasteiger partial charge in [0, 0.05) is 48.6 Å². The molecule has 0 aromatic heterocycles. The quantitative estimate of drug-likeness (QED) is 0.212. The first-order valence-electron chi connectivity index (χ1n) is 7.68. The molecule has 0 aromatic carbocycles. The largest absolute Gasteiger partial charge is 1.00 e. The molecule has 33 heavy (non-hydrogen) atoms. The summed E-state index contributed by atoms with van der Waals surface area (Å²) in [5.74, 6) is -10.8. The molecule has 0 aliphatic heterocycles. The summed E-state index contributed by atoms with van der Waals surface area (Å²) in [6.45, 7) is 2.91. The molecule has 16 heteroatoms. The third-order valence-corrected chi connectivity index (χ3v) is 1.92. The summed E-state index contributed by atoms with van der Waals surface area (Å²) in [5.41, 5.74) is -0.477. The van der Waals surface area contributed by atoms with E-state index in [-0.39, 0.29) is 5.71 Å². The van der Waals surface area contributed by atoms with Crippen molar-refractivity contribution in [1.82, 2.24) is 0 Å². The van der Waals surface area contributed by atoms with Crippen molar-refractivity contribution in [3.05, 3.63) is 36.5 Å². The number of hydrogen-bond donors (Lipinski definition) is 4. The minimum atomic E-state index is -1.56. The molecule has 0 radical (unpaired) electrons. The van der Waals surface area contributed by atoms with E-state index in [1.165, 1.54) is 0 Å². The van der Waals surface area contributed by atoms with Crippen molar-refractivity contribution < 1.29 is 84.9 Å². The molecule has 0 saturated carbocycles. The number of carbonyl (C=O) groups excluding carboxylic acids is 4. The highest BCUT2D eigenvalue weighted by Crippen LogP contribution is 1.92. The van der Waals surface area contributed by atoms with Gasteiger partial charge >= 0.3 is 29.6 Å². The Bertz CT molecular complexity index is 740. The van der Waals surface area contributed by atoms with Crippen LogP contribution in [0.15, 0.2) is 36.5 Å². The van der Waals surface area contributed by atoms with E-state index < -0.39 is 72.6 Å². The van der Waals surface area contributed by atoms with Gasteiger partial charge in [-0.3, -0.25) is 0 Å². The van der Waals surface area contributed by atoms with Gasteiger partial charge < -0.3 is 60.0 Å². The maximum Gasteiger partial charge on any atom is 1.00 e. The van der Waals surface area contributed by atoms with Gasteiger partial charge in [0.2, 0.25) is 0 Å². The van der Waals surface area contributed by atoms with Crippen molar-refractivity contribution in [2.45, 2.75) is 19.3 Å². The lowest BCUT2D eigenvalue weighted by atomic mass is 10.2. The van der Waals surface area contributed by atoms with E-state index in [1.807, 2.05) is 0 Å². The fourth-order valence-corrected chi connectivity index (χ4v) is 0.736. The molecule has 0 unspecified atom stereocenters. The standard InChI is InChI=1S/C5H6O4.C4H6O4.2C4H4O4/c1-3(5(8)9)2-4(6)7;3*5-3(6)1-2-4(7)8/h1-2H2,(H,6,7)(H,8,9);1-2H2,(H,5,6)(H,7,8);2*1-2H,(H,5,6)(H,7,8)/b;;2-1+;2-1-. The fraction of sp³-hybridized carbons (Fsp3) is 0.176. The van der Waals surface area contributed by atoms with E-state index in [2.05, 4.69) is 6.58 Å². The van der Waals surface area contributed by atoms with Gasteiger partial charge in [-0.25, -0.2) is 19.2 Å². The number of carbonyl (C=O) groups is 8. The summed E-state index contributed by atoms with van der Waals surface area (Å²) in [5, 5.41) is 69.6. The predicted molar refractivity (Wildman–Crippen MR) is 96.3 cm³/mol. The Morgan fingerprint density at radius 1 is 0.576 bits per heavy atom. The van der Waals surface area contributed by atoms with Crippen LogP contribution in [-0.2, 0) is 38.4 Å². The van der Waals surface area contributed by atoms with E-state index in [0.29, 0.717) is 24.3 Å². The second-order valence-corrected chi connectivity index (χ2v) is 4.70. The fourth-order valence-electron chi connectivity index (χ4n) is 0.736. The molecule has 0 aromatic rings. The van der Waals surface area contributed by atoms with Gasteiger partial charge in [0.1, 0.15) is 0 Å². The molecule has 0 bridgehead atoms. The average molecular weight is 480 g/mol. The van der Waals surface area contributed by atoms with Crippen LogP contribution in [0.5, 0.6) is 0 Å². The van der Waals surface area contributed by atoms with Gasteiger partial charge in [0.05, 0.1) is 5.97 Å². The van der Waals surface area contributed by atoms with E-state index in [9.17, 15) is 58.8 Å². The van der Waals surface area contributed by atoms with E-state index in [1.54, 1.807) is 0 Å². The normalized spacial score (nSPS) is 8.97. The summed E-state index contributed by atoms with van der Waals surface area (Å²) in [6.07, 6.45) is 0.613. The minimum absolute atomic E-state index is 0. The molecule has 0 rings (SSSR count). The molecule has 0 spiro atoms. The molecule has 184 valence electrons. The lowest BCUT2D eigenvalue weighted by molar-refractivity contribution is -0.315. The monoisotopic (exact) mass is 480 g/mol. The highest BCUT2D eigenvalue weighted by molar-refractivity contribution is 5.90. The Balaban J connectivity index is -0.0000000488. The van der Waals surface area contributed by atoms with Gasteiger partial charge in [0.15, 0.2) is 0 Å². The maximum absolute atomic E-state index is 9.73. The number of carboxylic acids is 8. The minimum Gasteiger partial charge on any atom is -0.550 e. The van der Waals surface area contributed by atoms with E-state index in [4.69, 9.17) is 20.4 Å². The summed E-state index contributed by atoms with van der Waals surface area (Å²) in [6, 6.07) is 0. The number of hydrogen-bond acceptors (Lipinski definition) is 12. The molecule has 4 N–H and O–H groups in total. The van der Waals surface area contributed by atoms with Gasteiger partial charge in [-0.05, 0) is 18.4 Å². The van der Waals surface area contributed by atoms with Crippen molar-refractivity contribution in [3.63, 3.8) is 0 Å². The van der Waals surface area contributed by atoms with Crippen molar-refractivity contribution in [1.29, 1.82) is 0 Å². The predicted octanol–water partition coefficient (Wildman–Crippen LogP) is -5.43. The molecule has 0 saturated heterocycles. The zero-order valence-corrected chi connectivity index (χ0v) is 16.3. The SMILES string of the molecule is C=C(CC(=O)[O-])C(=O)[O-].O=C(O)/C=C/C(=O)O.O=C(O)/C=C\C(=O)O.O=C([O-])CCC(=O)[O-].[H+].[H+].[H+].[H+]. The molecule has 16 nitrogen and oxygen atoms in total. The highest BCUT2D eigenvalue weighted by atomic mass is 16.4. The van der Waals surface area contributed by atoms with Crippen LogP contribution in [0.25, 0.3) is 0 Å². The van der Waals surface area contributed by atoms with Gasteiger partial charge in [-0.15, -0.1) is 0 Å². The van der Waals surface area contributed by atoms with E-state index >= 15 is 0 Å². The van der Waals surface area contributed by atoms with Gasteiger partial charge in [0.25, 0.3) is 0 Å². The molecule has 0 heterocycles. The van der Waals surface area contributed by atoms with Gasteiger partial charge in [-0.1, -0.05) is 6.58 Å². The van der Waals surface area contributed by atoms with Gasteiger partial charge in [-0.2, -0.15) is 0 Å². The summed E-state index contributed by atoms with van der Waals surface area (Å²) in [7, 11) is 0. The summed E-state index contributed by atoms with van der Waals surface area (Å²) in [4.78, 5) is 76.6. The zero-order chi connectivity index (χ0) is 27.1. The molecule has 0 aliphatic rings. The van der Waals surface area contributed by atoms with Crippen molar-refractivity contribution in [3.8, 4) is 0 Å². The molecule has 0 atom stereocenters. The lowest BCUT2D eigenvalue weighted by Gasteiger charge is -2.05. The molecule has 0 aliphatic carbocycles. The van der Waals surface area contributed by atoms with Crippen LogP contribution in [0.3, 0.4) is 0 Å². The molecular formula is C17H20O16. The first kappa shape index (κ1) is 35.4. The summed E-state index contributed by atoms with van der Waals surface area (Å²) >= 11 is 0. The highest BCUT2D eigenvalue weighted by Gasteiger charge is 1.93. The van der Waals surface area contributed by atoms with Crippen LogP contribution >= 0.6 is 0 Å². The first-order chi connectivity index (χ1) is 14.9. The lowest BCUT2D eigenvalue weighted by Crippen LogP contribution is -2.29. The second kappa shape index (κ2) is 21.7. The Morgan fingerprint density at radius 2 is 0.818 bits per heavy atom. The topological polar surface area (TPSA) is 310 Å². The average Bonchev–Trinajstić information content (AvgIpc) is 2.64. The maximum atomic E-state index is 9.73. The van der Waals surface area contributed by atoms with Crippen LogP contribution < -0.4 is 20.4 Å². The Morgan fingerprint density at radius 3 is 0.909 bits per heavy atom. The second-order valence-electron chi connectivity index (χ2n) is 4.70. The first-order valence-corrected chi connectivity index (χ1v) is 7.68. The molecule has 0 amide bonds. The van der Waals surface area contributed by atoms with Crippen LogP contribution in [0.2, 0.25) is 0 Å². The Kier molecular flexibility index (Phi) is 23.3. The number of rotatable bonds is 10. The number of carboxylic acid groups (broad SMARTS) is 8. The van der Waals surface area contributed by atoms with E-state index in [0.717, 1.165) is 0 Å². The third-order valence-electron chi connectivity index (χ3n) is 1.92. The Labute approximate surface area is 189 Å². The summed E-state index contributed by atoms with van der Waals surface area (Å²) < 4.78 is 0. The Hall–Kier alpha value is -5.02. The van der Waals surface area contributed by atoms with Crippen molar-refractivity contribution in [2.24, 2.45) is 0 Å². The van der Waals surface area contributed by atoms with Crippen LogP contribution in [-0.4, -0.2) is 68.2 Å². The van der Waals surface area contributed by atoms with Crippen LogP contribution in [0.4, 0.5) is 0 Å². The molecular weight excluding hydrogens is 460 g/mol. The van der Waals surface area contributed by atoms with Crippen LogP contribution in [0.1, 0.15) is 25.0 Å². The van der Waals surface area contributed by atoms with Crippen LogP contribution in [0, 0.1) is 0 Å². The molecule has 0 fully saturated rings. The van der Waals surface area contributed by atoms with Crippen molar-refractivity contribution in [2.75, 3.05) is 0 Å². The smallest absolute Gasteiger partial charge is 0.550 e.